The molecule has 1 aliphatic carbocycles. The second-order valence-electron chi connectivity index (χ2n) is 8.53. The van der Waals surface area contributed by atoms with Crippen molar-refractivity contribution in [1.82, 2.24) is 19.1 Å². The Morgan fingerprint density at radius 1 is 1.09 bits per heavy atom. The Morgan fingerprint density at radius 3 is 2.51 bits per heavy atom. The monoisotopic (exact) mass is 499 g/mol. The van der Waals surface area contributed by atoms with Gasteiger partial charge in [0, 0.05) is 26.1 Å². The summed E-state index contributed by atoms with van der Waals surface area (Å²) in [5.74, 6) is 1.58. The van der Waals surface area contributed by atoms with E-state index in [1.807, 2.05) is 0 Å². The quantitative estimate of drug-likeness (QED) is 0.390. The Labute approximate surface area is 206 Å². The van der Waals surface area contributed by atoms with Gasteiger partial charge in [0.15, 0.2) is 5.65 Å². The van der Waals surface area contributed by atoms with Crippen LogP contribution in [-0.4, -0.2) is 45.0 Å². The normalized spacial score (nSPS) is 14.2. The van der Waals surface area contributed by atoms with Crippen LogP contribution in [0.15, 0.2) is 32.8 Å². The maximum Gasteiger partial charge on any atom is 0.332 e. The highest BCUT2D eigenvalue weighted by molar-refractivity contribution is 8.00. The number of carbonyl (C=O) groups excluding carboxylic acids is 1. The van der Waals surface area contributed by atoms with Gasteiger partial charge < -0.3 is 14.8 Å². The van der Waals surface area contributed by atoms with E-state index in [0.29, 0.717) is 33.7 Å². The Hall–Kier alpha value is -3.34. The number of methoxy groups -OCH3 is 2. The van der Waals surface area contributed by atoms with Crippen molar-refractivity contribution in [3.05, 3.63) is 44.9 Å². The van der Waals surface area contributed by atoms with Crippen LogP contribution in [0.2, 0.25) is 0 Å². The number of anilines is 1. The van der Waals surface area contributed by atoms with Gasteiger partial charge in [0.2, 0.25) is 5.91 Å². The minimum atomic E-state index is -0.476. The number of nitrogens with one attached hydrogen (secondary N) is 1. The van der Waals surface area contributed by atoms with Gasteiger partial charge in [-0.25, -0.2) is 14.8 Å². The standard InChI is InChI=1S/C24H29N5O5S/c1-28-21-19(23(31)29(2)24(28)32)22(27-20(26-21)14-8-6-5-7-9-14)35-13-18(30)25-16-12-15(33-3)10-11-17(16)34-4/h10-12,14H,5-9,13H2,1-4H3,(H,25,30). The molecule has 4 rings (SSSR count). The van der Waals surface area contributed by atoms with Crippen molar-refractivity contribution in [3.63, 3.8) is 0 Å². The minimum absolute atomic E-state index is 0.00256. The van der Waals surface area contributed by atoms with E-state index >= 15 is 0 Å². The first-order chi connectivity index (χ1) is 16.8. The summed E-state index contributed by atoms with van der Waals surface area (Å²) in [6, 6.07) is 5.12. The molecule has 2 aromatic heterocycles. The van der Waals surface area contributed by atoms with E-state index < -0.39 is 11.2 Å². The number of hydrogen-bond acceptors (Lipinski definition) is 8. The van der Waals surface area contributed by atoms with Crippen molar-refractivity contribution in [2.24, 2.45) is 14.1 Å². The molecule has 0 unspecified atom stereocenters. The topological polar surface area (TPSA) is 117 Å². The molecular formula is C24H29N5O5S. The van der Waals surface area contributed by atoms with Crippen LogP contribution in [0.5, 0.6) is 11.5 Å². The highest BCUT2D eigenvalue weighted by Gasteiger charge is 2.24. The number of ether oxygens (including phenoxy) is 2. The first-order valence-electron chi connectivity index (χ1n) is 11.5. The summed E-state index contributed by atoms with van der Waals surface area (Å²) < 4.78 is 13.0. The summed E-state index contributed by atoms with van der Waals surface area (Å²) in [6.07, 6.45) is 5.29. The molecule has 0 aliphatic heterocycles. The fourth-order valence-electron chi connectivity index (χ4n) is 4.32. The van der Waals surface area contributed by atoms with E-state index in [4.69, 9.17) is 14.5 Å². The molecule has 0 radical (unpaired) electrons. The van der Waals surface area contributed by atoms with E-state index in [0.717, 1.165) is 42.0 Å². The lowest BCUT2D eigenvalue weighted by atomic mass is 9.89. The van der Waals surface area contributed by atoms with Gasteiger partial charge in [0.1, 0.15) is 27.7 Å². The number of aromatic nitrogens is 4. The molecule has 11 heteroatoms. The molecule has 1 aromatic carbocycles. The van der Waals surface area contributed by atoms with Crippen LogP contribution in [0.25, 0.3) is 11.0 Å². The zero-order valence-corrected chi connectivity index (χ0v) is 21.1. The first-order valence-corrected chi connectivity index (χ1v) is 12.4. The van der Waals surface area contributed by atoms with Crippen molar-refractivity contribution in [1.29, 1.82) is 0 Å². The zero-order valence-electron chi connectivity index (χ0n) is 20.3. The van der Waals surface area contributed by atoms with E-state index in [1.54, 1.807) is 32.4 Å². The van der Waals surface area contributed by atoms with Crippen LogP contribution in [0, 0.1) is 0 Å². The van der Waals surface area contributed by atoms with Crippen LogP contribution < -0.4 is 26.0 Å². The highest BCUT2D eigenvalue weighted by Crippen LogP contribution is 2.33. The second kappa shape index (κ2) is 10.5. The Balaban J connectivity index is 1.68. The molecule has 1 N–H and O–H groups in total. The maximum absolute atomic E-state index is 13.0. The van der Waals surface area contributed by atoms with Gasteiger partial charge in [-0.05, 0) is 25.0 Å². The third kappa shape index (κ3) is 5.04. The van der Waals surface area contributed by atoms with Gasteiger partial charge in [0.05, 0.1) is 25.7 Å². The van der Waals surface area contributed by atoms with Gasteiger partial charge in [-0.15, -0.1) is 0 Å². The zero-order chi connectivity index (χ0) is 25.1. The summed E-state index contributed by atoms with van der Waals surface area (Å²) in [5.41, 5.74) is -0.150. The summed E-state index contributed by atoms with van der Waals surface area (Å²) >= 11 is 1.15. The SMILES string of the molecule is COc1ccc(OC)c(NC(=O)CSc2nc(C3CCCCC3)nc3c2c(=O)n(C)c(=O)n3C)c1. The number of aryl methyl sites for hydroxylation is 1. The average Bonchev–Trinajstić information content (AvgIpc) is 2.89. The number of carbonyl (C=O) groups is 1. The Kier molecular flexibility index (Phi) is 7.44. The summed E-state index contributed by atoms with van der Waals surface area (Å²) in [5, 5.41) is 3.48. The molecular weight excluding hydrogens is 470 g/mol. The molecule has 2 heterocycles. The smallest absolute Gasteiger partial charge is 0.332 e. The molecule has 3 aromatic rings. The van der Waals surface area contributed by atoms with Crippen LogP contribution in [0.3, 0.4) is 0 Å². The van der Waals surface area contributed by atoms with Gasteiger partial charge in [0.25, 0.3) is 5.56 Å². The molecule has 1 aliphatic rings. The number of amides is 1. The highest BCUT2D eigenvalue weighted by atomic mass is 32.2. The lowest BCUT2D eigenvalue weighted by Crippen LogP contribution is -2.38. The van der Waals surface area contributed by atoms with E-state index in [1.165, 1.54) is 25.1 Å². The van der Waals surface area contributed by atoms with Gasteiger partial charge >= 0.3 is 5.69 Å². The van der Waals surface area contributed by atoms with Crippen molar-refractivity contribution in [2.75, 3.05) is 25.3 Å². The molecule has 0 bridgehead atoms. The van der Waals surface area contributed by atoms with Crippen LogP contribution in [0.4, 0.5) is 5.69 Å². The molecule has 1 amide bonds. The fourth-order valence-corrected chi connectivity index (χ4v) is 5.15. The van der Waals surface area contributed by atoms with Crippen molar-refractivity contribution in [3.8, 4) is 11.5 Å². The van der Waals surface area contributed by atoms with E-state index in [-0.39, 0.29) is 23.0 Å². The average molecular weight is 500 g/mol. The number of hydrogen-bond donors (Lipinski definition) is 1. The lowest BCUT2D eigenvalue weighted by molar-refractivity contribution is -0.113. The molecule has 1 fully saturated rings. The molecule has 0 saturated heterocycles. The van der Waals surface area contributed by atoms with Crippen molar-refractivity contribution >= 4 is 34.4 Å². The summed E-state index contributed by atoms with van der Waals surface area (Å²) in [4.78, 5) is 47.8. The molecule has 35 heavy (non-hydrogen) atoms. The molecule has 186 valence electrons. The third-order valence-corrected chi connectivity index (χ3v) is 7.25. The predicted molar refractivity (Wildman–Crippen MR) is 135 cm³/mol. The summed E-state index contributed by atoms with van der Waals surface area (Å²) in [6.45, 7) is 0. The van der Waals surface area contributed by atoms with Crippen molar-refractivity contribution in [2.45, 2.75) is 43.0 Å². The lowest BCUT2D eigenvalue weighted by Gasteiger charge is -2.21. The number of benzene rings is 1. The number of nitrogens with zero attached hydrogens (tertiary/aromatic N) is 4. The third-order valence-electron chi connectivity index (χ3n) is 6.28. The van der Waals surface area contributed by atoms with Gasteiger partial charge in [-0.3, -0.25) is 18.7 Å². The molecule has 0 spiro atoms. The Bertz CT molecular complexity index is 1380. The van der Waals surface area contributed by atoms with Crippen LogP contribution in [-0.2, 0) is 18.9 Å². The summed E-state index contributed by atoms with van der Waals surface area (Å²) in [7, 11) is 6.08. The number of thioether (sulfide) groups is 1. The predicted octanol–water partition coefficient (Wildman–Crippen LogP) is 2.82. The molecule has 1 saturated carbocycles. The van der Waals surface area contributed by atoms with E-state index in [2.05, 4.69) is 10.3 Å². The van der Waals surface area contributed by atoms with Crippen LogP contribution in [0.1, 0.15) is 43.8 Å². The van der Waals surface area contributed by atoms with Gasteiger partial charge in [-0.1, -0.05) is 31.0 Å². The largest absolute Gasteiger partial charge is 0.497 e. The maximum atomic E-state index is 13.0. The van der Waals surface area contributed by atoms with Crippen molar-refractivity contribution < 1.29 is 14.3 Å². The minimum Gasteiger partial charge on any atom is -0.497 e. The first kappa shape index (κ1) is 24.8. The van der Waals surface area contributed by atoms with E-state index in [9.17, 15) is 14.4 Å². The fraction of sp³-hybridized carbons (Fsp3) is 0.458. The second-order valence-corrected chi connectivity index (χ2v) is 9.49. The van der Waals surface area contributed by atoms with Gasteiger partial charge in [-0.2, -0.15) is 0 Å². The van der Waals surface area contributed by atoms with Crippen LogP contribution >= 0.6 is 11.8 Å². The molecule has 0 atom stereocenters. The number of rotatable bonds is 7. The number of fused-ring (bicyclic) bond motifs is 1. The molecule has 10 nitrogen and oxygen atoms in total. The Morgan fingerprint density at radius 2 is 1.83 bits per heavy atom.